The van der Waals surface area contributed by atoms with Crippen molar-refractivity contribution in [1.29, 1.82) is 0 Å². The van der Waals surface area contributed by atoms with Gasteiger partial charge in [-0.15, -0.1) is 0 Å². The Morgan fingerprint density at radius 2 is 2.11 bits per heavy atom. The van der Waals surface area contributed by atoms with Crippen LogP contribution in [0.3, 0.4) is 0 Å². The van der Waals surface area contributed by atoms with E-state index in [1.807, 2.05) is 20.0 Å². The lowest BCUT2D eigenvalue weighted by atomic mass is 10.2. The molecule has 0 unspecified atom stereocenters. The van der Waals surface area contributed by atoms with Gasteiger partial charge in [-0.05, 0) is 19.4 Å². The molecular formula is C13H24N4O. The highest BCUT2D eigenvalue weighted by Gasteiger charge is 2.06. The number of aryl methyl sites for hydroxylation is 1. The van der Waals surface area contributed by atoms with Gasteiger partial charge in [-0.3, -0.25) is 0 Å². The average Bonchev–Trinajstić information content (AvgIpc) is 2.33. The van der Waals surface area contributed by atoms with E-state index in [4.69, 9.17) is 4.74 Å². The van der Waals surface area contributed by atoms with E-state index in [1.165, 1.54) is 0 Å². The number of likely N-dealkylation sites (N-methyl/N-ethyl adjacent to an activating group) is 1. The molecule has 0 aliphatic rings. The Labute approximate surface area is 110 Å². The quantitative estimate of drug-likeness (QED) is 0.745. The lowest BCUT2D eigenvalue weighted by molar-refractivity contribution is 0.395. The molecule has 0 saturated carbocycles. The number of anilines is 1. The highest BCUT2D eigenvalue weighted by Crippen LogP contribution is 2.15. The fourth-order valence-corrected chi connectivity index (χ4v) is 1.58. The van der Waals surface area contributed by atoms with Crippen molar-refractivity contribution in [2.75, 3.05) is 38.7 Å². The summed E-state index contributed by atoms with van der Waals surface area (Å²) in [6.45, 7) is 9.17. The Kier molecular flexibility index (Phi) is 5.85. The smallest absolute Gasteiger partial charge is 0.218 e. The lowest BCUT2D eigenvalue weighted by Gasteiger charge is -2.19. The van der Waals surface area contributed by atoms with Gasteiger partial charge in [-0.2, -0.15) is 4.98 Å². The first-order chi connectivity index (χ1) is 8.52. The van der Waals surface area contributed by atoms with Gasteiger partial charge in [-0.1, -0.05) is 13.8 Å². The van der Waals surface area contributed by atoms with Crippen LogP contribution in [0.5, 0.6) is 5.88 Å². The molecule has 18 heavy (non-hydrogen) atoms. The molecule has 0 amide bonds. The van der Waals surface area contributed by atoms with E-state index in [9.17, 15) is 0 Å². The molecule has 1 aromatic rings. The van der Waals surface area contributed by atoms with Crippen molar-refractivity contribution >= 4 is 5.82 Å². The van der Waals surface area contributed by atoms with E-state index >= 15 is 0 Å². The van der Waals surface area contributed by atoms with Gasteiger partial charge in [0.1, 0.15) is 11.6 Å². The van der Waals surface area contributed by atoms with Crippen molar-refractivity contribution in [2.24, 2.45) is 5.92 Å². The van der Waals surface area contributed by atoms with Gasteiger partial charge in [0.25, 0.3) is 0 Å². The van der Waals surface area contributed by atoms with Crippen LogP contribution in [0.4, 0.5) is 5.82 Å². The Morgan fingerprint density at radius 1 is 1.39 bits per heavy atom. The summed E-state index contributed by atoms with van der Waals surface area (Å²) in [5.74, 6) is 2.91. The monoisotopic (exact) mass is 252 g/mol. The molecular weight excluding hydrogens is 228 g/mol. The van der Waals surface area contributed by atoms with Crippen LogP contribution in [0.25, 0.3) is 0 Å². The van der Waals surface area contributed by atoms with E-state index in [2.05, 4.69) is 34.0 Å². The lowest BCUT2D eigenvalue weighted by Crippen LogP contribution is -2.31. The predicted molar refractivity (Wildman–Crippen MR) is 74.3 cm³/mol. The summed E-state index contributed by atoms with van der Waals surface area (Å²) in [6.07, 6.45) is 0. The number of rotatable bonds is 7. The summed E-state index contributed by atoms with van der Waals surface area (Å²) in [5.41, 5.74) is 0. The maximum atomic E-state index is 5.15. The van der Waals surface area contributed by atoms with E-state index in [0.717, 1.165) is 31.3 Å². The third kappa shape index (κ3) is 4.87. The molecule has 1 heterocycles. The topological polar surface area (TPSA) is 50.3 Å². The third-order valence-electron chi connectivity index (χ3n) is 2.58. The molecule has 102 valence electrons. The Morgan fingerprint density at radius 3 is 2.72 bits per heavy atom. The minimum absolute atomic E-state index is 0.611. The van der Waals surface area contributed by atoms with Crippen LogP contribution >= 0.6 is 0 Å². The van der Waals surface area contributed by atoms with Crippen LogP contribution in [-0.4, -0.2) is 43.8 Å². The van der Waals surface area contributed by atoms with Gasteiger partial charge >= 0.3 is 0 Å². The van der Waals surface area contributed by atoms with Gasteiger partial charge in [0, 0.05) is 26.2 Å². The second-order valence-electron chi connectivity index (χ2n) is 4.84. The second kappa shape index (κ2) is 7.16. The molecule has 1 rings (SSSR count). The molecule has 0 atom stereocenters. The van der Waals surface area contributed by atoms with Gasteiger partial charge in [0.2, 0.25) is 5.88 Å². The number of hydrogen-bond donors (Lipinski definition) is 1. The largest absolute Gasteiger partial charge is 0.481 e. The zero-order valence-corrected chi connectivity index (χ0v) is 12.0. The van der Waals surface area contributed by atoms with Crippen LogP contribution in [0.1, 0.15) is 19.7 Å². The van der Waals surface area contributed by atoms with Crippen molar-refractivity contribution in [3.8, 4) is 5.88 Å². The minimum atomic E-state index is 0.611. The van der Waals surface area contributed by atoms with Crippen molar-refractivity contribution in [3.05, 3.63) is 11.9 Å². The van der Waals surface area contributed by atoms with Crippen LogP contribution in [0.15, 0.2) is 6.07 Å². The summed E-state index contributed by atoms with van der Waals surface area (Å²) in [7, 11) is 3.65. The molecule has 0 bridgehead atoms. The first kappa shape index (κ1) is 14.7. The molecule has 0 aliphatic carbocycles. The van der Waals surface area contributed by atoms with Crippen LogP contribution < -0.4 is 15.0 Å². The standard InChI is InChI=1S/C13H24N4O/c1-10(2)9-14-6-7-17(4)12-8-13(18-5)16-11(3)15-12/h8,10,14H,6-7,9H2,1-5H3. The fraction of sp³-hybridized carbons (Fsp3) is 0.692. The number of nitrogens with zero attached hydrogens (tertiary/aromatic N) is 3. The van der Waals surface area contributed by atoms with Gasteiger partial charge < -0.3 is 15.0 Å². The van der Waals surface area contributed by atoms with Crippen molar-refractivity contribution in [1.82, 2.24) is 15.3 Å². The third-order valence-corrected chi connectivity index (χ3v) is 2.58. The molecule has 5 heteroatoms. The van der Waals surface area contributed by atoms with Crippen molar-refractivity contribution in [3.63, 3.8) is 0 Å². The second-order valence-corrected chi connectivity index (χ2v) is 4.84. The van der Waals surface area contributed by atoms with Crippen molar-refractivity contribution in [2.45, 2.75) is 20.8 Å². The molecule has 0 radical (unpaired) electrons. The van der Waals surface area contributed by atoms with Gasteiger partial charge in [-0.25, -0.2) is 4.98 Å². The normalized spacial score (nSPS) is 10.8. The molecule has 0 spiro atoms. The van der Waals surface area contributed by atoms with E-state index in [-0.39, 0.29) is 0 Å². The number of ether oxygens (including phenoxy) is 1. The highest BCUT2D eigenvalue weighted by molar-refractivity contribution is 5.40. The average molecular weight is 252 g/mol. The van der Waals surface area contributed by atoms with Crippen molar-refractivity contribution < 1.29 is 4.74 Å². The zero-order chi connectivity index (χ0) is 13.5. The Hall–Kier alpha value is -1.36. The van der Waals surface area contributed by atoms with Crippen LogP contribution in [-0.2, 0) is 0 Å². The van der Waals surface area contributed by atoms with E-state index in [1.54, 1.807) is 7.11 Å². The summed E-state index contributed by atoms with van der Waals surface area (Å²) in [6, 6.07) is 1.86. The summed E-state index contributed by atoms with van der Waals surface area (Å²) in [4.78, 5) is 10.7. The number of methoxy groups -OCH3 is 1. The summed E-state index contributed by atoms with van der Waals surface area (Å²) < 4.78 is 5.15. The molecule has 0 aromatic carbocycles. The minimum Gasteiger partial charge on any atom is -0.481 e. The molecule has 1 N–H and O–H groups in total. The molecule has 0 saturated heterocycles. The molecule has 0 aliphatic heterocycles. The maximum absolute atomic E-state index is 5.15. The van der Waals surface area contributed by atoms with E-state index in [0.29, 0.717) is 11.8 Å². The molecule has 5 nitrogen and oxygen atoms in total. The number of aromatic nitrogens is 2. The van der Waals surface area contributed by atoms with Crippen LogP contribution in [0, 0.1) is 12.8 Å². The number of hydrogen-bond acceptors (Lipinski definition) is 5. The SMILES string of the molecule is COc1cc(N(C)CCNCC(C)C)nc(C)n1. The predicted octanol–water partition coefficient (Wildman–Crippen LogP) is 1.48. The Balaban J connectivity index is 2.50. The molecule has 1 aromatic heterocycles. The highest BCUT2D eigenvalue weighted by atomic mass is 16.5. The maximum Gasteiger partial charge on any atom is 0.218 e. The van der Waals surface area contributed by atoms with Gasteiger partial charge in [0.05, 0.1) is 7.11 Å². The van der Waals surface area contributed by atoms with Gasteiger partial charge in [0.15, 0.2) is 0 Å². The number of nitrogens with one attached hydrogen (secondary N) is 1. The zero-order valence-electron chi connectivity index (χ0n) is 12.0. The van der Waals surface area contributed by atoms with Crippen LogP contribution in [0.2, 0.25) is 0 Å². The fourth-order valence-electron chi connectivity index (χ4n) is 1.58. The first-order valence-electron chi connectivity index (χ1n) is 6.34. The van der Waals surface area contributed by atoms with E-state index < -0.39 is 0 Å². The molecule has 0 fully saturated rings. The summed E-state index contributed by atoms with van der Waals surface area (Å²) >= 11 is 0. The first-order valence-corrected chi connectivity index (χ1v) is 6.34. The summed E-state index contributed by atoms with van der Waals surface area (Å²) in [5, 5.41) is 3.41. The Bertz CT molecular complexity index is 368.